The van der Waals surface area contributed by atoms with E-state index in [2.05, 4.69) is 10.5 Å². The van der Waals surface area contributed by atoms with Crippen LogP contribution in [-0.4, -0.2) is 24.7 Å². The van der Waals surface area contributed by atoms with Crippen LogP contribution >= 0.6 is 23.2 Å². The summed E-state index contributed by atoms with van der Waals surface area (Å²) in [6.45, 7) is 2.44. The van der Waals surface area contributed by atoms with Crippen LogP contribution in [0.2, 0.25) is 10.0 Å². The van der Waals surface area contributed by atoms with Gasteiger partial charge in [-0.2, -0.15) is 5.10 Å². The highest BCUT2D eigenvalue weighted by Crippen LogP contribution is 2.23. The molecule has 8 heteroatoms. The molecular formula is C23H18Cl2N2O4. The first-order valence-corrected chi connectivity index (χ1v) is 10.1. The van der Waals surface area contributed by atoms with Gasteiger partial charge in [0.1, 0.15) is 11.5 Å². The molecule has 0 fully saturated rings. The molecule has 0 aliphatic rings. The number of halogens is 2. The van der Waals surface area contributed by atoms with Gasteiger partial charge in [0.05, 0.1) is 23.4 Å². The van der Waals surface area contributed by atoms with Gasteiger partial charge >= 0.3 is 5.97 Å². The molecular weight excluding hydrogens is 439 g/mol. The lowest BCUT2D eigenvalue weighted by Crippen LogP contribution is -2.17. The van der Waals surface area contributed by atoms with Gasteiger partial charge < -0.3 is 9.47 Å². The molecule has 0 radical (unpaired) electrons. The third-order valence-electron chi connectivity index (χ3n) is 4.03. The van der Waals surface area contributed by atoms with Crippen molar-refractivity contribution in [2.45, 2.75) is 6.92 Å². The molecule has 1 N–H and O–H groups in total. The third kappa shape index (κ3) is 6.31. The number of hydrazone groups is 1. The van der Waals surface area contributed by atoms with E-state index in [4.69, 9.17) is 32.7 Å². The Morgan fingerprint density at radius 3 is 2.48 bits per heavy atom. The zero-order valence-electron chi connectivity index (χ0n) is 16.5. The van der Waals surface area contributed by atoms with Gasteiger partial charge in [-0.05, 0) is 67.1 Å². The Hall–Kier alpha value is -3.35. The van der Waals surface area contributed by atoms with Crippen LogP contribution in [0, 0.1) is 0 Å². The van der Waals surface area contributed by atoms with Crippen LogP contribution in [0.25, 0.3) is 0 Å². The van der Waals surface area contributed by atoms with Gasteiger partial charge in [0.25, 0.3) is 5.91 Å². The van der Waals surface area contributed by atoms with Crippen molar-refractivity contribution in [3.63, 3.8) is 0 Å². The third-order valence-corrected chi connectivity index (χ3v) is 4.57. The topological polar surface area (TPSA) is 77.0 Å². The maximum Gasteiger partial charge on any atom is 0.345 e. The van der Waals surface area contributed by atoms with Crippen molar-refractivity contribution >= 4 is 41.3 Å². The van der Waals surface area contributed by atoms with Crippen LogP contribution in [0.1, 0.15) is 33.2 Å². The molecule has 3 rings (SSSR count). The number of carbonyl (C=O) groups is 2. The first-order chi connectivity index (χ1) is 15.0. The summed E-state index contributed by atoms with van der Waals surface area (Å²) in [7, 11) is 0. The van der Waals surface area contributed by atoms with E-state index in [1.165, 1.54) is 18.3 Å². The van der Waals surface area contributed by atoms with Gasteiger partial charge in [-0.3, -0.25) is 4.79 Å². The molecule has 0 aliphatic carbocycles. The monoisotopic (exact) mass is 456 g/mol. The Morgan fingerprint density at radius 2 is 1.77 bits per heavy atom. The number of amides is 1. The van der Waals surface area contributed by atoms with Crippen LogP contribution in [0.4, 0.5) is 0 Å². The minimum atomic E-state index is -0.612. The summed E-state index contributed by atoms with van der Waals surface area (Å²) in [6, 6.07) is 17.9. The highest BCUT2D eigenvalue weighted by molar-refractivity contribution is 6.36. The number of carbonyl (C=O) groups excluding carboxylic acids is 2. The van der Waals surface area contributed by atoms with Gasteiger partial charge in [0, 0.05) is 10.6 Å². The van der Waals surface area contributed by atoms with Crippen LogP contribution in [0.15, 0.2) is 71.8 Å². The number of hydrogen-bond acceptors (Lipinski definition) is 5. The molecule has 6 nitrogen and oxygen atoms in total. The van der Waals surface area contributed by atoms with Crippen LogP contribution < -0.4 is 14.9 Å². The molecule has 0 unspecified atom stereocenters. The van der Waals surface area contributed by atoms with Gasteiger partial charge in [-0.25, -0.2) is 10.2 Å². The van der Waals surface area contributed by atoms with Crippen molar-refractivity contribution in [2.75, 3.05) is 6.61 Å². The lowest BCUT2D eigenvalue weighted by molar-refractivity contribution is 0.0734. The fraction of sp³-hybridized carbons (Fsp3) is 0.0870. The predicted octanol–water partition coefficient (Wildman–Crippen LogP) is 5.38. The lowest BCUT2D eigenvalue weighted by Gasteiger charge is -2.07. The SMILES string of the molecule is CCOc1ccc(C(=O)NN=Cc2cccc(OC(=O)c3ccc(Cl)cc3Cl)c2)cc1. The quantitative estimate of drug-likeness (QED) is 0.224. The molecule has 0 bridgehead atoms. The van der Waals surface area contributed by atoms with Crippen molar-refractivity contribution in [1.82, 2.24) is 5.43 Å². The summed E-state index contributed by atoms with van der Waals surface area (Å²) >= 11 is 11.9. The van der Waals surface area contributed by atoms with Crippen LogP contribution in [0.3, 0.4) is 0 Å². The van der Waals surface area contributed by atoms with Crippen molar-refractivity contribution in [1.29, 1.82) is 0 Å². The number of rotatable bonds is 7. The normalized spacial score (nSPS) is 10.7. The largest absolute Gasteiger partial charge is 0.494 e. The Morgan fingerprint density at radius 1 is 1.00 bits per heavy atom. The van der Waals surface area contributed by atoms with Crippen molar-refractivity contribution in [2.24, 2.45) is 5.10 Å². The standard InChI is InChI=1S/C23H18Cl2N2O4/c1-2-30-18-9-6-16(7-10-18)22(28)27-26-14-15-4-3-5-19(12-15)31-23(29)20-11-8-17(24)13-21(20)25/h3-14H,2H2,1H3,(H,27,28). The number of esters is 1. The molecule has 3 aromatic carbocycles. The fourth-order valence-corrected chi connectivity index (χ4v) is 3.06. The molecule has 0 heterocycles. The summed E-state index contributed by atoms with van der Waals surface area (Å²) in [5.41, 5.74) is 3.72. The second kappa shape index (κ2) is 10.6. The molecule has 0 aliphatic heterocycles. The molecule has 0 saturated heterocycles. The minimum absolute atomic E-state index is 0.201. The Balaban J connectivity index is 1.61. The zero-order valence-corrected chi connectivity index (χ0v) is 18.0. The molecule has 0 spiro atoms. The first kappa shape index (κ1) is 22.3. The van der Waals surface area contributed by atoms with Gasteiger partial charge in [-0.15, -0.1) is 0 Å². The number of ether oxygens (including phenoxy) is 2. The van der Waals surface area contributed by atoms with Gasteiger partial charge in [0.2, 0.25) is 0 Å². The highest BCUT2D eigenvalue weighted by Gasteiger charge is 2.13. The van der Waals surface area contributed by atoms with Gasteiger partial charge in [-0.1, -0.05) is 35.3 Å². The zero-order chi connectivity index (χ0) is 22.2. The lowest BCUT2D eigenvalue weighted by atomic mass is 10.2. The average Bonchev–Trinajstić information content (AvgIpc) is 2.74. The maximum absolute atomic E-state index is 12.3. The second-order valence-electron chi connectivity index (χ2n) is 6.24. The van der Waals surface area contributed by atoms with E-state index in [-0.39, 0.29) is 16.5 Å². The molecule has 31 heavy (non-hydrogen) atoms. The summed E-state index contributed by atoms with van der Waals surface area (Å²) in [4.78, 5) is 24.5. The van der Waals surface area contributed by atoms with E-state index < -0.39 is 5.97 Å². The molecule has 0 atom stereocenters. The Kier molecular flexibility index (Phi) is 7.65. The maximum atomic E-state index is 12.3. The molecule has 1 amide bonds. The molecule has 0 saturated carbocycles. The summed E-state index contributed by atoms with van der Waals surface area (Å²) in [5, 5.41) is 4.57. The first-order valence-electron chi connectivity index (χ1n) is 9.30. The summed E-state index contributed by atoms with van der Waals surface area (Å²) in [5.74, 6) is 0.0189. The van der Waals surface area contributed by atoms with E-state index in [1.807, 2.05) is 6.92 Å². The van der Waals surface area contributed by atoms with Crippen molar-refractivity contribution < 1.29 is 19.1 Å². The van der Waals surface area contributed by atoms with E-state index in [0.29, 0.717) is 34.3 Å². The highest BCUT2D eigenvalue weighted by atomic mass is 35.5. The minimum Gasteiger partial charge on any atom is -0.494 e. The second-order valence-corrected chi connectivity index (χ2v) is 7.09. The Labute approximate surface area is 189 Å². The van der Waals surface area contributed by atoms with E-state index in [0.717, 1.165) is 0 Å². The van der Waals surface area contributed by atoms with Crippen LogP contribution in [-0.2, 0) is 0 Å². The average molecular weight is 457 g/mol. The van der Waals surface area contributed by atoms with Crippen molar-refractivity contribution in [3.8, 4) is 11.5 Å². The molecule has 0 aromatic heterocycles. The fourth-order valence-electron chi connectivity index (χ4n) is 2.57. The predicted molar refractivity (Wildman–Crippen MR) is 121 cm³/mol. The van der Waals surface area contributed by atoms with E-state index in [1.54, 1.807) is 54.6 Å². The molecule has 158 valence electrons. The smallest absolute Gasteiger partial charge is 0.345 e. The summed E-state index contributed by atoms with van der Waals surface area (Å²) in [6.07, 6.45) is 1.44. The number of benzene rings is 3. The summed E-state index contributed by atoms with van der Waals surface area (Å²) < 4.78 is 10.7. The number of nitrogens with one attached hydrogen (secondary N) is 1. The van der Waals surface area contributed by atoms with E-state index >= 15 is 0 Å². The van der Waals surface area contributed by atoms with Gasteiger partial charge in [0.15, 0.2) is 0 Å². The van der Waals surface area contributed by atoms with E-state index in [9.17, 15) is 9.59 Å². The Bertz CT molecular complexity index is 1110. The van der Waals surface area contributed by atoms with Crippen LogP contribution in [0.5, 0.6) is 11.5 Å². The number of nitrogens with zero attached hydrogens (tertiary/aromatic N) is 1. The number of hydrogen-bond donors (Lipinski definition) is 1. The molecule has 3 aromatic rings. The van der Waals surface area contributed by atoms with Crippen molar-refractivity contribution in [3.05, 3.63) is 93.5 Å².